The number of anilines is 2. The lowest BCUT2D eigenvalue weighted by Crippen LogP contribution is -2.63. The van der Waals surface area contributed by atoms with Gasteiger partial charge in [-0.15, -0.1) is 0 Å². The highest BCUT2D eigenvalue weighted by Crippen LogP contribution is 2.38. The molecule has 2 aromatic carbocycles. The van der Waals surface area contributed by atoms with Crippen LogP contribution in [0.25, 0.3) is 21.8 Å². The summed E-state index contributed by atoms with van der Waals surface area (Å²) in [7, 11) is 0. The fraction of sp³-hybridized carbons (Fsp3) is 0.434. The minimum atomic E-state index is -4.82. The number of halogens is 9. The molecule has 0 spiro atoms. The van der Waals surface area contributed by atoms with E-state index in [0.29, 0.717) is 53.9 Å². The molecule has 0 radical (unpaired) electrons. The Balaban J connectivity index is 0.000000187. The molecule has 0 bridgehead atoms. The number of nitrogens with zero attached hydrogens (tertiary/aromatic N) is 6. The van der Waals surface area contributed by atoms with Crippen LogP contribution in [0.1, 0.15) is 80.3 Å². The quantitative estimate of drug-likeness (QED) is 0.0875. The standard InChI is InChI=1S/C27H27F6N5O2.C26H28F3N5O2/c28-26(29,30)16-4-9-21-20(11-16)22(12-23(36-21)27(31,32)33)34-13-24(39)35-17-14-37(15-17)18-5-7-19(8-6-18)38-10-2-1-3-25(38)40;27-26(28,29)17-4-9-22-21(13-17)23(10-11-30-22)31-14-24(35)32-18-15-33(16-18)19-5-7-20(8-6-19)34-12-2-1-3-25(34)36/h1-4,9-12,17-19H,5-8,13-15H2,(H,34,36)(H,35,39);1-4,9-13,18-20H,5-8,14-16H2,(H,30,31)(H,32,35). The number of hydrogen-bond donors (Lipinski definition) is 4. The summed E-state index contributed by atoms with van der Waals surface area (Å²) in [6.07, 6.45) is -1.24. The van der Waals surface area contributed by atoms with Crippen molar-refractivity contribution in [3.05, 3.63) is 141 Å². The maximum Gasteiger partial charge on any atom is 0.433 e. The number of alkyl halides is 9. The first-order valence-electron chi connectivity index (χ1n) is 25.1. The van der Waals surface area contributed by atoms with Crippen LogP contribution < -0.4 is 32.4 Å². The van der Waals surface area contributed by atoms with Crippen LogP contribution in [0.3, 0.4) is 0 Å². The van der Waals surface area contributed by atoms with Gasteiger partial charge in [0.25, 0.3) is 11.1 Å². The van der Waals surface area contributed by atoms with Crippen molar-refractivity contribution in [3.63, 3.8) is 0 Å². The molecule has 10 rings (SSSR count). The zero-order valence-corrected chi connectivity index (χ0v) is 40.9. The first kappa shape index (κ1) is 53.8. The molecule has 2 amide bonds. The lowest BCUT2D eigenvalue weighted by Gasteiger charge is -2.46. The molecule has 0 atom stereocenters. The van der Waals surface area contributed by atoms with E-state index in [1.807, 2.05) is 29.1 Å². The van der Waals surface area contributed by atoms with Gasteiger partial charge in [0.05, 0.1) is 47.3 Å². The number of amides is 2. The molecule has 2 aliphatic carbocycles. The third-order valence-electron chi connectivity index (χ3n) is 14.8. The monoisotopic (exact) mass is 1070 g/mol. The number of hydrogen-bond acceptors (Lipinski definition) is 10. The van der Waals surface area contributed by atoms with Crippen LogP contribution in [0.2, 0.25) is 0 Å². The third-order valence-corrected chi connectivity index (χ3v) is 14.8. The summed E-state index contributed by atoms with van der Waals surface area (Å²) in [5.74, 6) is -0.689. The van der Waals surface area contributed by atoms with E-state index in [9.17, 15) is 58.7 Å². The lowest BCUT2D eigenvalue weighted by atomic mass is 9.88. The van der Waals surface area contributed by atoms with Gasteiger partial charge in [-0.2, -0.15) is 39.5 Å². The second-order valence-electron chi connectivity index (χ2n) is 19.8. The first-order valence-corrected chi connectivity index (χ1v) is 25.1. The zero-order chi connectivity index (χ0) is 53.9. The molecule has 23 heteroatoms. The van der Waals surface area contributed by atoms with Gasteiger partial charge in [-0.1, -0.05) is 12.1 Å². The molecule has 0 unspecified atom stereocenters. The van der Waals surface area contributed by atoms with Crippen LogP contribution >= 0.6 is 0 Å². The normalized spacial score (nSPS) is 21.0. The Morgan fingerprint density at radius 2 is 0.947 bits per heavy atom. The molecular weight excluding hydrogens is 1010 g/mol. The number of rotatable bonds is 12. The van der Waals surface area contributed by atoms with Crippen LogP contribution in [0.5, 0.6) is 0 Å². The fourth-order valence-electron chi connectivity index (χ4n) is 10.8. The van der Waals surface area contributed by atoms with E-state index in [1.165, 1.54) is 12.3 Å². The highest BCUT2D eigenvalue weighted by Gasteiger charge is 2.39. The highest BCUT2D eigenvalue weighted by atomic mass is 19.4. The van der Waals surface area contributed by atoms with Crippen LogP contribution in [0, 0.1) is 0 Å². The second kappa shape index (κ2) is 22.3. The topological polar surface area (TPSA) is 159 Å². The Morgan fingerprint density at radius 3 is 1.39 bits per heavy atom. The number of carbonyl (C=O) groups is 2. The zero-order valence-electron chi connectivity index (χ0n) is 40.9. The second-order valence-corrected chi connectivity index (χ2v) is 19.8. The van der Waals surface area contributed by atoms with Gasteiger partial charge in [0, 0.05) is 103 Å². The number of fused-ring (bicyclic) bond motifs is 2. The molecule has 2 aliphatic heterocycles. The predicted molar refractivity (Wildman–Crippen MR) is 266 cm³/mol. The van der Waals surface area contributed by atoms with Crippen molar-refractivity contribution in [1.29, 1.82) is 0 Å². The maximum absolute atomic E-state index is 13.3. The van der Waals surface area contributed by atoms with E-state index < -0.39 is 47.8 Å². The lowest BCUT2D eigenvalue weighted by molar-refractivity contribution is -0.141. The number of aromatic nitrogens is 4. The number of nitrogens with one attached hydrogen (secondary N) is 4. The predicted octanol–water partition coefficient (Wildman–Crippen LogP) is 8.64. The van der Waals surface area contributed by atoms with Crippen molar-refractivity contribution in [2.75, 3.05) is 49.9 Å². The Bertz CT molecular complexity index is 3150. The summed E-state index contributed by atoms with van der Waals surface area (Å²) in [6.45, 7) is 2.34. The van der Waals surface area contributed by atoms with E-state index in [2.05, 4.69) is 41.0 Å². The molecule has 6 heterocycles. The summed E-state index contributed by atoms with van der Waals surface area (Å²) in [5.41, 5.74) is -2.70. The first-order chi connectivity index (χ1) is 36.2. The van der Waals surface area contributed by atoms with E-state index >= 15 is 0 Å². The van der Waals surface area contributed by atoms with E-state index in [-0.39, 0.29) is 64.3 Å². The summed E-state index contributed by atoms with van der Waals surface area (Å²) < 4.78 is 123. The van der Waals surface area contributed by atoms with Crippen LogP contribution in [-0.2, 0) is 28.1 Å². The van der Waals surface area contributed by atoms with E-state index in [4.69, 9.17) is 0 Å². The molecule has 2 saturated carbocycles. The van der Waals surface area contributed by atoms with Crippen molar-refractivity contribution in [1.82, 2.24) is 39.5 Å². The van der Waals surface area contributed by atoms with Gasteiger partial charge in [-0.3, -0.25) is 34.0 Å². The minimum absolute atomic E-state index is 0.0125. The Kier molecular flexibility index (Phi) is 15.8. The average molecular weight is 1070 g/mol. The van der Waals surface area contributed by atoms with Gasteiger partial charge >= 0.3 is 18.5 Å². The summed E-state index contributed by atoms with van der Waals surface area (Å²) in [4.78, 5) is 61.4. The number of benzene rings is 2. The van der Waals surface area contributed by atoms with Gasteiger partial charge in [-0.25, -0.2) is 4.98 Å². The van der Waals surface area contributed by atoms with E-state index in [0.717, 1.165) is 88.7 Å². The third kappa shape index (κ3) is 12.8. The molecule has 4 aliphatic rings. The van der Waals surface area contributed by atoms with E-state index in [1.54, 1.807) is 34.9 Å². The molecule has 4 fully saturated rings. The van der Waals surface area contributed by atoms with Crippen molar-refractivity contribution < 1.29 is 49.1 Å². The molecule has 4 aromatic heterocycles. The van der Waals surface area contributed by atoms with Crippen molar-refractivity contribution in [2.24, 2.45) is 0 Å². The number of carbonyl (C=O) groups excluding carboxylic acids is 2. The Hall–Kier alpha value is -7.01. The van der Waals surface area contributed by atoms with Gasteiger partial charge in [0.15, 0.2) is 0 Å². The van der Waals surface area contributed by atoms with Crippen molar-refractivity contribution in [3.8, 4) is 0 Å². The van der Waals surface area contributed by atoms with Crippen molar-refractivity contribution >= 4 is 45.0 Å². The van der Waals surface area contributed by atoms with Gasteiger partial charge in [0.1, 0.15) is 5.69 Å². The largest absolute Gasteiger partial charge is 0.433 e. The number of likely N-dealkylation sites (tertiary alicyclic amines) is 2. The number of pyridine rings is 4. The van der Waals surface area contributed by atoms with Crippen LogP contribution in [0.4, 0.5) is 50.9 Å². The van der Waals surface area contributed by atoms with Gasteiger partial charge < -0.3 is 30.4 Å². The summed E-state index contributed by atoms with van der Waals surface area (Å²) in [6, 6.07) is 19.3. The fourth-order valence-corrected chi connectivity index (χ4v) is 10.8. The summed E-state index contributed by atoms with van der Waals surface area (Å²) in [5, 5.41) is 11.5. The van der Waals surface area contributed by atoms with Gasteiger partial charge in [-0.05, 0) is 112 Å². The van der Waals surface area contributed by atoms with Crippen molar-refractivity contribution in [2.45, 2.75) is 106 Å². The minimum Gasteiger partial charge on any atom is -0.376 e. The molecule has 6 aromatic rings. The Morgan fingerprint density at radius 1 is 0.513 bits per heavy atom. The average Bonchev–Trinajstić information content (AvgIpc) is 3.36. The molecule has 14 nitrogen and oxygen atoms in total. The van der Waals surface area contributed by atoms with Gasteiger partial charge in [0.2, 0.25) is 11.8 Å². The molecule has 2 saturated heterocycles. The maximum atomic E-state index is 13.3. The summed E-state index contributed by atoms with van der Waals surface area (Å²) >= 11 is 0. The smallest absolute Gasteiger partial charge is 0.376 e. The molecular formula is C53H55F9N10O4. The molecule has 4 N–H and O–H groups in total. The highest BCUT2D eigenvalue weighted by molar-refractivity contribution is 5.94. The van der Waals surface area contributed by atoms with Crippen LogP contribution in [0.15, 0.2) is 113 Å². The molecule has 76 heavy (non-hydrogen) atoms. The SMILES string of the molecule is O=C(CNc1cc(C(F)(F)F)nc2ccc(C(F)(F)F)cc12)NC1CN(C2CCC(n3ccccc3=O)CC2)C1.O=C(CNc1ccnc2ccc(C(F)(F)F)cc12)NC1CN(C2CCC(n3ccccc3=O)CC2)C1. The van der Waals surface area contributed by atoms with Crippen LogP contribution in [-0.4, -0.2) is 104 Å². The Labute approximate surface area is 429 Å². The molecule has 404 valence electrons.